The molecule has 0 radical (unpaired) electrons. The maximum absolute atomic E-state index is 11.7. The van der Waals surface area contributed by atoms with Gasteiger partial charge >= 0.3 is 5.97 Å². The minimum absolute atomic E-state index is 0.0661. The van der Waals surface area contributed by atoms with Crippen molar-refractivity contribution < 1.29 is 28.7 Å². The average molecular weight is 284 g/mol. The number of hydrogen-bond acceptors (Lipinski definition) is 6. The van der Waals surface area contributed by atoms with Crippen molar-refractivity contribution in [2.24, 2.45) is 5.41 Å². The molecule has 1 aromatic heterocycles. The van der Waals surface area contributed by atoms with Gasteiger partial charge in [-0.05, 0) is 19.0 Å². The second-order valence-corrected chi connectivity index (χ2v) is 4.92. The fourth-order valence-corrected chi connectivity index (χ4v) is 1.87. The summed E-state index contributed by atoms with van der Waals surface area (Å²) in [7, 11) is 0. The molecular formula is C12H16N2O6. The molecule has 20 heavy (non-hydrogen) atoms. The molecule has 1 amide bonds. The Morgan fingerprint density at radius 2 is 2.40 bits per heavy atom. The number of nitrogens with zero attached hydrogens (tertiary/aromatic N) is 1. The highest BCUT2D eigenvalue weighted by atomic mass is 16.5. The lowest BCUT2D eigenvalue weighted by Gasteiger charge is -2.25. The predicted octanol–water partition coefficient (Wildman–Crippen LogP) is -0.0323. The third-order valence-corrected chi connectivity index (χ3v) is 3.24. The molecule has 1 fully saturated rings. The highest BCUT2D eigenvalue weighted by molar-refractivity contribution is 5.81. The van der Waals surface area contributed by atoms with E-state index in [4.69, 9.17) is 14.0 Å². The van der Waals surface area contributed by atoms with Gasteiger partial charge in [0.1, 0.15) is 11.2 Å². The zero-order valence-electron chi connectivity index (χ0n) is 11.2. The number of nitrogens with one attached hydrogen (secondary N) is 1. The van der Waals surface area contributed by atoms with Crippen molar-refractivity contribution >= 4 is 11.9 Å². The van der Waals surface area contributed by atoms with Crippen molar-refractivity contribution in [3.63, 3.8) is 0 Å². The summed E-state index contributed by atoms with van der Waals surface area (Å²) in [5.41, 5.74) is -1.12. The third-order valence-electron chi connectivity index (χ3n) is 3.24. The van der Waals surface area contributed by atoms with Gasteiger partial charge in [0.05, 0.1) is 19.3 Å². The Hall–Kier alpha value is -2.09. The topological polar surface area (TPSA) is 111 Å². The third kappa shape index (κ3) is 2.90. The van der Waals surface area contributed by atoms with Crippen LogP contribution in [0.4, 0.5) is 0 Å². The van der Waals surface area contributed by atoms with Crippen molar-refractivity contribution in [1.82, 2.24) is 10.5 Å². The summed E-state index contributed by atoms with van der Waals surface area (Å²) in [6.07, 6.45) is 0. The zero-order valence-corrected chi connectivity index (χ0v) is 11.2. The molecule has 2 heterocycles. The highest BCUT2D eigenvalue weighted by Crippen LogP contribution is 2.28. The summed E-state index contributed by atoms with van der Waals surface area (Å²) >= 11 is 0. The fraction of sp³-hybridized carbons (Fsp3) is 0.583. The van der Waals surface area contributed by atoms with Crippen LogP contribution < -0.4 is 10.1 Å². The average Bonchev–Trinajstić information content (AvgIpc) is 2.95. The molecule has 1 aliphatic rings. The van der Waals surface area contributed by atoms with E-state index in [2.05, 4.69) is 10.5 Å². The first kappa shape index (κ1) is 14.3. The quantitative estimate of drug-likeness (QED) is 0.780. The summed E-state index contributed by atoms with van der Waals surface area (Å²) in [5.74, 6) is -0.661. The number of aryl methyl sites for hydroxylation is 1. The van der Waals surface area contributed by atoms with Gasteiger partial charge in [-0.25, -0.2) is 0 Å². The van der Waals surface area contributed by atoms with Crippen LogP contribution in [0.5, 0.6) is 5.88 Å². The van der Waals surface area contributed by atoms with Gasteiger partial charge < -0.3 is 24.4 Å². The monoisotopic (exact) mass is 284 g/mol. The second-order valence-electron chi connectivity index (χ2n) is 4.92. The summed E-state index contributed by atoms with van der Waals surface area (Å²) < 4.78 is 15.1. The van der Waals surface area contributed by atoms with Crippen LogP contribution in [-0.2, 0) is 14.3 Å². The normalized spacial score (nSPS) is 25.4. The Morgan fingerprint density at radius 1 is 1.65 bits per heavy atom. The fourth-order valence-electron chi connectivity index (χ4n) is 1.87. The van der Waals surface area contributed by atoms with Gasteiger partial charge in [-0.15, -0.1) is 0 Å². The summed E-state index contributed by atoms with van der Waals surface area (Å²) in [4.78, 5) is 23.0. The molecule has 1 aliphatic heterocycles. The maximum Gasteiger partial charge on any atom is 0.313 e. The molecule has 8 nitrogen and oxygen atoms in total. The first-order valence-electron chi connectivity index (χ1n) is 6.08. The van der Waals surface area contributed by atoms with Crippen LogP contribution in [0.25, 0.3) is 0 Å². The Bertz CT molecular complexity index is 514. The van der Waals surface area contributed by atoms with E-state index in [0.29, 0.717) is 5.76 Å². The highest BCUT2D eigenvalue weighted by Gasteiger charge is 2.47. The van der Waals surface area contributed by atoms with Gasteiger partial charge in [0.15, 0.2) is 6.61 Å². The number of hydrogen-bond donors (Lipinski definition) is 2. The first-order valence-corrected chi connectivity index (χ1v) is 6.08. The number of carbonyl (C=O) groups excluding carboxylic acids is 1. The molecule has 2 unspecified atom stereocenters. The molecule has 2 N–H and O–H groups in total. The second kappa shape index (κ2) is 5.49. The van der Waals surface area contributed by atoms with Crippen LogP contribution in [0, 0.1) is 12.3 Å². The molecule has 1 saturated heterocycles. The van der Waals surface area contributed by atoms with E-state index >= 15 is 0 Å². The van der Waals surface area contributed by atoms with Gasteiger partial charge in [-0.1, -0.05) is 0 Å². The minimum Gasteiger partial charge on any atom is -0.481 e. The lowest BCUT2D eigenvalue weighted by Crippen LogP contribution is -2.50. The molecule has 0 saturated carbocycles. The summed E-state index contributed by atoms with van der Waals surface area (Å²) in [6, 6.07) is 0.961. The van der Waals surface area contributed by atoms with E-state index in [0.717, 1.165) is 0 Å². The molecule has 0 aliphatic carbocycles. The predicted molar refractivity (Wildman–Crippen MR) is 65.2 cm³/mol. The number of ether oxygens (including phenoxy) is 2. The minimum atomic E-state index is -1.12. The lowest BCUT2D eigenvalue weighted by molar-refractivity contribution is -0.149. The number of aliphatic carboxylic acids is 1. The Labute approximate surface area is 115 Å². The van der Waals surface area contributed by atoms with E-state index in [1.165, 1.54) is 6.92 Å². The SMILES string of the molecule is Cc1cc(OCC(=O)NC2COCC2(C)C(=O)O)no1. The van der Waals surface area contributed by atoms with Crippen LogP contribution >= 0.6 is 0 Å². The number of aromatic nitrogens is 1. The summed E-state index contributed by atoms with van der Waals surface area (Å²) in [6.45, 7) is 3.20. The smallest absolute Gasteiger partial charge is 0.313 e. The molecule has 2 atom stereocenters. The molecule has 110 valence electrons. The van der Waals surface area contributed by atoms with E-state index in [1.54, 1.807) is 13.0 Å². The van der Waals surface area contributed by atoms with E-state index in [-0.39, 0.29) is 25.7 Å². The zero-order chi connectivity index (χ0) is 14.8. The van der Waals surface area contributed by atoms with Crippen LogP contribution in [0.15, 0.2) is 10.6 Å². The largest absolute Gasteiger partial charge is 0.481 e. The maximum atomic E-state index is 11.7. The first-order chi connectivity index (χ1) is 9.41. The number of carbonyl (C=O) groups is 2. The molecule has 0 spiro atoms. The van der Waals surface area contributed by atoms with Crippen LogP contribution in [0.1, 0.15) is 12.7 Å². The molecule has 0 aromatic carbocycles. The van der Waals surface area contributed by atoms with Gasteiger partial charge in [0.25, 0.3) is 11.8 Å². The van der Waals surface area contributed by atoms with Gasteiger partial charge in [-0.2, -0.15) is 0 Å². The van der Waals surface area contributed by atoms with Crippen molar-refractivity contribution in [3.05, 3.63) is 11.8 Å². The van der Waals surface area contributed by atoms with Crippen molar-refractivity contribution in [2.45, 2.75) is 19.9 Å². The molecule has 8 heteroatoms. The van der Waals surface area contributed by atoms with Crippen LogP contribution in [-0.4, -0.2) is 48.0 Å². The van der Waals surface area contributed by atoms with Crippen LogP contribution in [0.2, 0.25) is 0 Å². The van der Waals surface area contributed by atoms with Crippen molar-refractivity contribution in [2.75, 3.05) is 19.8 Å². The number of rotatable bonds is 5. The van der Waals surface area contributed by atoms with E-state index in [9.17, 15) is 14.7 Å². The molecule has 1 aromatic rings. The molecular weight excluding hydrogens is 268 g/mol. The van der Waals surface area contributed by atoms with Gasteiger partial charge in [0, 0.05) is 6.07 Å². The number of carboxylic acids is 1. The molecule has 0 bridgehead atoms. The van der Waals surface area contributed by atoms with Crippen molar-refractivity contribution in [3.8, 4) is 5.88 Å². The number of amides is 1. The van der Waals surface area contributed by atoms with Gasteiger partial charge in [-0.3, -0.25) is 9.59 Å². The molecule has 2 rings (SSSR count). The summed E-state index contributed by atoms with van der Waals surface area (Å²) in [5, 5.41) is 15.4. The standard InChI is InChI=1S/C12H16N2O6/c1-7-3-10(14-20-7)19-5-9(15)13-8-4-18-6-12(8,2)11(16)17/h3,8H,4-6H2,1-2H3,(H,13,15)(H,16,17). The Morgan fingerprint density at radius 3 is 3.00 bits per heavy atom. The van der Waals surface area contributed by atoms with Crippen molar-refractivity contribution in [1.29, 1.82) is 0 Å². The number of carboxylic acid groups (broad SMARTS) is 1. The lowest BCUT2D eigenvalue weighted by atomic mass is 9.85. The van der Waals surface area contributed by atoms with Gasteiger partial charge in [0.2, 0.25) is 0 Å². The Kier molecular flexibility index (Phi) is 3.93. The van der Waals surface area contributed by atoms with E-state index in [1.807, 2.05) is 0 Å². The van der Waals surface area contributed by atoms with E-state index < -0.39 is 23.3 Å². The van der Waals surface area contributed by atoms with Crippen LogP contribution in [0.3, 0.4) is 0 Å². The Balaban J connectivity index is 1.86.